The first-order valence-electron chi connectivity index (χ1n) is 9.23. The van der Waals surface area contributed by atoms with Crippen molar-refractivity contribution in [2.24, 2.45) is 5.92 Å². The number of amides is 2. The van der Waals surface area contributed by atoms with Gasteiger partial charge in [0.2, 0.25) is 11.8 Å². The number of anilines is 1. The fraction of sp³-hybridized carbons (Fsp3) is 0.350. The number of benzene rings is 1. The number of aromatic nitrogens is 1. The fourth-order valence-electron chi connectivity index (χ4n) is 3.13. The second kappa shape index (κ2) is 9.40. The van der Waals surface area contributed by atoms with Crippen molar-refractivity contribution in [1.29, 1.82) is 0 Å². The summed E-state index contributed by atoms with van der Waals surface area (Å²) in [7, 11) is 0. The first kappa shape index (κ1) is 23.3. The van der Waals surface area contributed by atoms with Crippen LogP contribution in [0, 0.1) is 11.7 Å². The molecule has 1 fully saturated rings. The summed E-state index contributed by atoms with van der Waals surface area (Å²) >= 11 is 11.4. The van der Waals surface area contributed by atoms with E-state index in [9.17, 15) is 27.2 Å². The SMILES string of the molecule is O=C(Nc1ncc(Cl)cc1F)[C@H](C1CC1)N(Cc1ccc(C(F)(F)F)cc1)C(=O)CCl. The van der Waals surface area contributed by atoms with Gasteiger partial charge in [0.1, 0.15) is 11.9 Å². The Morgan fingerprint density at radius 1 is 1.23 bits per heavy atom. The molecule has 1 saturated carbocycles. The zero-order valence-corrected chi connectivity index (χ0v) is 17.4. The Kier molecular flexibility index (Phi) is 7.06. The van der Waals surface area contributed by atoms with E-state index in [0.717, 1.165) is 24.4 Å². The normalized spacial score (nSPS) is 14.8. The molecule has 1 aromatic heterocycles. The monoisotopic (exact) mass is 477 g/mol. The number of hydrogen-bond donors (Lipinski definition) is 1. The minimum Gasteiger partial charge on any atom is -0.325 e. The van der Waals surface area contributed by atoms with E-state index in [4.69, 9.17) is 23.2 Å². The lowest BCUT2D eigenvalue weighted by molar-refractivity contribution is -0.138. The van der Waals surface area contributed by atoms with Gasteiger partial charge in [-0.25, -0.2) is 9.37 Å². The van der Waals surface area contributed by atoms with Crippen LogP contribution in [0.3, 0.4) is 0 Å². The second-order valence-corrected chi connectivity index (χ2v) is 7.81. The molecule has 0 spiro atoms. The second-order valence-electron chi connectivity index (χ2n) is 7.11. The highest BCUT2D eigenvalue weighted by Crippen LogP contribution is 2.37. The highest BCUT2D eigenvalue weighted by molar-refractivity contribution is 6.30. The summed E-state index contributed by atoms with van der Waals surface area (Å²) in [4.78, 5) is 30.4. The average Bonchev–Trinajstić information content (AvgIpc) is 3.54. The molecule has 0 unspecified atom stereocenters. The minimum atomic E-state index is -4.49. The van der Waals surface area contributed by atoms with Gasteiger partial charge in [-0.1, -0.05) is 23.7 Å². The van der Waals surface area contributed by atoms with Crippen molar-refractivity contribution in [1.82, 2.24) is 9.88 Å². The van der Waals surface area contributed by atoms with Gasteiger partial charge >= 0.3 is 6.18 Å². The lowest BCUT2D eigenvalue weighted by atomic mass is 10.1. The van der Waals surface area contributed by atoms with Gasteiger partial charge in [-0.2, -0.15) is 13.2 Å². The van der Waals surface area contributed by atoms with E-state index in [1.54, 1.807) is 0 Å². The van der Waals surface area contributed by atoms with Crippen molar-refractivity contribution in [3.05, 3.63) is 58.5 Å². The van der Waals surface area contributed by atoms with E-state index in [0.29, 0.717) is 18.4 Å². The molecule has 5 nitrogen and oxygen atoms in total. The van der Waals surface area contributed by atoms with Gasteiger partial charge in [0.05, 0.1) is 10.6 Å². The summed E-state index contributed by atoms with van der Waals surface area (Å²) in [5, 5.41) is 2.42. The number of alkyl halides is 4. The summed E-state index contributed by atoms with van der Waals surface area (Å²) in [5.41, 5.74) is -0.437. The van der Waals surface area contributed by atoms with Crippen LogP contribution in [0.5, 0.6) is 0 Å². The number of halogens is 6. The van der Waals surface area contributed by atoms with Gasteiger partial charge in [0.25, 0.3) is 0 Å². The van der Waals surface area contributed by atoms with Gasteiger partial charge in [-0.3, -0.25) is 9.59 Å². The highest BCUT2D eigenvalue weighted by atomic mass is 35.5. The predicted molar refractivity (Wildman–Crippen MR) is 107 cm³/mol. The summed E-state index contributed by atoms with van der Waals surface area (Å²) in [6, 6.07) is 4.28. The third kappa shape index (κ3) is 5.86. The van der Waals surface area contributed by atoms with E-state index in [2.05, 4.69) is 10.3 Å². The maximum atomic E-state index is 14.0. The first-order chi connectivity index (χ1) is 14.6. The number of hydrogen-bond acceptors (Lipinski definition) is 3. The van der Waals surface area contributed by atoms with Gasteiger partial charge in [0.15, 0.2) is 11.6 Å². The van der Waals surface area contributed by atoms with E-state index in [-0.39, 0.29) is 23.3 Å². The Bertz CT molecular complexity index is 966. The molecular weight excluding hydrogens is 461 g/mol. The van der Waals surface area contributed by atoms with Gasteiger partial charge in [0, 0.05) is 12.7 Å². The summed E-state index contributed by atoms with van der Waals surface area (Å²) < 4.78 is 52.4. The molecule has 11 heteroatoms. The van der Waals surface area contributed by atoms with E-state index in [1.807, 2.05) is 0 Å². The Morgan fingerprint density at radius 3 is 2.39 bits per heavy atom. The van der Waals surface area contributed by atoms with Crippen LogP contribution < -0.4 is 5.32 Å². The number of nitrogens with zero attached hydrogens (tertiary/aromatic N) is 2. The third-order valence-electron chi connectivity index (χ3n) is 4.79. The number of carbonyl (C=O) groups excluding carboxylic acids is 2. The van der Waals surface area contributed by atoms with Crippen molar-refractivity contribution < 1.29 is 27.2 Å². The van der Waals surface area contributed by atoms with Crippen LogP contribution in [-0.2, 0) is 22.3 Å². The summed E-state index contributed by atoms with van der Waals surface area (Å²) in [5.74, 6) is -3.03. The Hall–Kier alpha value is -2.39. The van der Waals surface area contributed by atoms with Crippen LogP contribution in [0.1, 0.15) is 24.0 Å². The summed E-state index contributed by atoms with van der Waals surface area (Å²) in [6.45, 7) is -0.130. The molecule has 1 heterocycles. The standard InChI is InChI=1S/C20H17Cl2F4N3O2/c21-8-16(30)29(10-11-1-5-13(6-2-11)20(24,25)26)17(12-3-4-12)19(31)28-18-15(23)7-14(22)9-27-18/h1-2,5-7,9,12,17H,3-4,8,10H2,(H,27,28,31)/t17-/m0/s1. The van der Waals surface area contributed by atoms with Crippen molar-refractivity contribution in [3.8, 4) is 0 Å². The number of rotatable bonds is 7. The molecule has 3 rings (SSSR count). The third-order valence-corrected chi connectivity index (χ3v) is 5.23. The van der Waals surface area contributed by atoms with Crippen LogP contribution >= 0.6 is 23.2 Å². The number of nitrogens with one attached hydrogen (secondary N) is 1. The zero-order valence-electron chi connectivity index (χ0n) is 15.9. The maximum Gasteiger partial charge on any atom is 0.416 e. The van der Waals surface area contributed by atoms with Crippen molar-refractivity contribution >= 4 is 40.8 Å². The average molecular weight is 478 g/mol. The maximum absolute atomic E-state index is 14.0. The Morgan fingerprint density at radius 2 is 1.87 bits per heavy atom. The molecule has 31 heavy (non-hydrogen) atoms. The topological polar surface area (TPSA) is 62.3 Å². The van der Waals surface area contributed by atoms with E-state index >= 15 is 0 Å². The first-order valence-corrected chi connectivity index (χ1v) is 10.1. The number of carbonyl (C=O) groups is 2. The van der Waals surface area contributed by atoms with Gasteiger partial charge in [-0.05, 0) is 42.5 Å². The van der Waals surface area contributed by atoms with Crippen molar-refractivity contribution in [2.45, 2.75) is 31.6 Å². The fourth-order valence-corrected chi connectivity index (χ4v) is 3.43. The molecule has 166 valence electrons. The number of pyridine rings is 1. The molecule has 2 amide bonds. The molecule has 1 N–H and O–H groups in total. The molecule has 1 aromatic carbocycles. The van der Waals surface area contributed by atoms with Crippen molar-refractivity contribution in [3.63, 3.8) is 0 Å². The molecular formula is C20H17Cl2F4N3O2. The van der Waals surface area contributed by atoms with Gasteiger partial charge < -0.3 is 10.2 Å². The Balaban J connectivity index is 1.84. The van der Waals surface area contributed by atoms with Crippen LogP contribution in [0.2, 0.25) is 5.02 Å². The molecule has 1 atom stereocenters. The van der Waals surface area contributed by atoms with Crippen molar-refractivity contribution in [2.75, 3.05) is 11.2 Å². The molecule has 0 saturated heterocycles. The molecule has 1 aliphatic carbocycles. The Labute approximate surface area is 185 Å². The zero-order chi connectivity index (χ0) is 22.8. The molecule has 1 aliphatic rings. The molecule has 0 bridgehead atoms. The largest absolute Gasteiger partial charge is 0.416 e. The molecule has 0 radical (unpaired) electrons. The van der Waals surface area contributed by atoms with Crippen LogP contribution in [0.15, 0.2) is 36.5 Å². The van der Waals surface area contributed by atoms with E-state index in [1.165, 1.54) is 17.0 Å². The quantitative estimate of drug-likeness (QED) is 0.456. The van der Waals surface area contributed by atoms with Gasteiger partial charge in [-0.15, -0.1) is 11.6 Å². The molecule has 2 aromatic rings. The summed E-state index contributed by atoms with van der Waals surface area (Å²) in [6.07, 6.45) is -2.01. The molecule has 0 aliphatic heterocycles. The lowest BCUT2D eigenvalue weighted by Crippen LogP contribution is -2.49. The van der Waals surface area contributed by atoms with Crippen LogP contribution in [0.25, 0.3) is 0 Å². The van der Waals surface area contributed by atoms with Crippen LogP contribution in [-0.4, -0.2) is 33.6 Å². The van der Waals surface area contributed by atoms with E-state index < -0.39 is 41.3 Å². The lowest BCUT2D eigenvalue weighted by Gasteiger charge is -2.31. The van der Waals surface area contributed by atoms with Crippen LogP contribution in [0.4, 0.5) is 23.4 Å². The minimum absolute atomic E-state index is 0.0514. The predicted octanol–water partition coefficient (Wildman–Crippen LogP) is 4.88. The smallest absolute Gasteiger partial charge is 0.325 e. The highest BCUT2D eigenvalue weighted by Gasteiger charge is 2.42.